The van der Waals surface area contributed by atoms with Crippen LogP contribution in [-0.4, -0.2) is 36.6 Å². The molecule has 0 bridgehead atoms. The summed E-state index contributed by atoms with van der Waals surface area (Å²) in [5, 5.41) is 3.63. The van der Waals surface area contributed by atoms with E-state index in [1.165, 1.54) is 45.3 Å². The third kappa shape index (κ3) is 1.50. The Hall–Kier alpha value is -0.0800. The van der Waals surface area contributed by atoms with Crippen molar-refractivity contribution in [3.63, 3.8) is 0 Å². The molecule has 2 rings (SSSR count). The molecule has 1 saturated heterocycles. The molecule has 0 amide bonds. The molecule has 70 valence electrons. The number of fused-ring (bicyclic) bond motifs is 1. The summed E-state index contributed by atoms with van der Waals surface area (Å²) in [6.07, 6.45) is 5.58. The Kier molecular flexibility index (Phi) is 2.66. The predicted octanol–water partition coefficient (Wildman–Crippen LogP) is 1.22. The first-order chi connectivity index (χ1) is 5.92. The Labute approximate surface area is 75.3 Å². The van der Waals surface area contributed by atoms with Crippen molar-refractivity contribution in [3.05, 3.63) is 0 Å². The quantitative estimate of drug-likeness (QED) is 0.667. The van der Waals surface area contributed by atoms with Crippen molar-refractivity contribution >= 4 is 0 Å². The van der Waals surface area contributed by atoms with Crippen LogP contribution in [0.25, 0.3) is 0 Å². The lowest BCUT2D eigenvalue weighted by Gasteiger charge is -2.38. The second-order valence-corrected chi connectivity index (χ2v) is 4.09. The molecule has 2 heteroatoms. The number of nitrogens with zero attached hydrogens (tertiary/aromatic N) is 1. The molecular formula is C10H20N2. The summed E-state index contributed by atoms with van der Waals surface area (Å²) >= 11 is 0. The van der Waals surface area contributed by atoms with E-state index in [0.29, 0.717) is 0 Å². The number of hydrogen-bond acceptors (Lipinski definition) is 2. The molecule has 2 atom stereocenters. The molecule has 1 aliphatic heterocycles. The van der Waals surface area contributed by atoms with Gasteiger partial charge < -0.3 is 5.32 Å². The lowest BCUT2D eigenvalue weighted by atomic mass is 10.1. The summed E-state index contributed by atoms with van der Waals surface area (Å²) in [4.78, 5) is 2.69. The van der Waals surface area contributed by atoms with Crippen LogP contribution in [0.4, 0.5) is 0 Å². The molecule has 2 aliphatic rings. The fourth-order valence-electron chi connectivity index (χ4n) is 2.74. The Morgan fingerprint density at radius 3 is 3.17 bits per heavy atom. The fraction of sp³-hybridized carbons (Fsp3) is 1.00. The van der Waals surface area contributed by atoms with Gasteiger partial charge in [-0.1, -0.05) is 13.3 Å². The zero-order chi connectivity index (χ0) is 8.39. The topological polar surface area (TPSA) is 15.3 Å². The van der Waals surface area contributed by atoms with Crippen LogP contribution in [0.15, 0.2) is 0 Å². The molecule has 0 aromatic rings. The van der Waals surface area contributed by atoms with Crippen molar-refractivity contribution in [1.82, 2.24) is 10.2 Å². The van der Waals surface area contributed by atoms with Crippen LogP contribution < -0.4 is 5.32 Å². The van der Waals surface area contributed by atoms with Crippen LogP contribution in [0.1, 0.15) is 32.6 Å². The normalized spacial score (nSPS) is 36.8. The van der Waals surface area contributed by atoms with E-state index < -0.39 is 0 Å². The van der Waals surface area contributed by atoms with Crippen molar-refractivity contribution in [2.75, 3.05) is 19.6 Å². The first-order valence-electron chi connectivity index (χ1n) is 5.39. The van der Waals surface area contributed by atoms with Gasteiger partial charge in [-0.2, -0.15) is 0 Å². The fourth-order valence-corrected chi connectivity index (χ4v) is 2.74. The number of nitrogens with one attached hydrogen (secondary N) is 1. The highest BCUT2D eigenvalue weighted by Crippen LogP contribution is 2.26. The third-order valence-electron chi connectivity index (χ3n) is 3.26. The number of rotatable bonds is 2. The minimum atomic E-state index is 0.824. The second-order valence-electron chi connectivity index (χ2n) is 4.09. The molecule has 12 heavy (non-hydrogen) atoms. The number of piperazine rings is 1. The summed E-state index contributed by atoms with van der Waals surface area (Å²) in [7, 11) is 0. The second kappa shape index (κ2) is 3.75. The maximum atomic E-state index is 3.63. The highest BCUT2D eigenvalue weighted by atomic mass is 15.2. The maximum absolute atomic E-state index is 3.63. The van der Waals surface area contributed by atoms with Crippen LogP contribution >= 0.6 is 0 Å². The minimum absolute atomic E-state index is 0.824. The molecule has 2 fully saturated rings. The molecule has 0 unspecified atom stereocenters. The molecule has 1 saturated carbocycles. The molecule has 0 aromatic heterocycles. The van der Waals surface area contributed by atoms with E-state index in [4.69, 9.17) is 0 Å². The monoisotopic (exact) mass is 168 g/mol. The molecule has 1 N–H and O–H groups in total. The van der Waals surface area contributed by atoms with Gasteiger partial charge in [-0.05, 0) is 25.8 Å². The van der Waals surface area contributed by atoms with Crippen LogP contribution in [0.5, 0.6) is 0 Å². The average molecular weight is 168 g/mol. The van der Waals surface area contributed by atoms with Gasteiger partial charge in [0.2, 0.25) is 0 Å². The van der Waals surface area contributed by atoms with Crippen molar-refractivity contribution in [2.24, 2.45) is 0 Å². The van der Waals surface area contributed by atoms with E-state index in [2.05, 4.69) is 17.1 Å². The smallest absolute Gasteiger partial charge is 0.0249 e. The molecule has 0 radical (unpaired) electrons. The van der Waals surface area contributed by atoms with Crippen LogP contribution in [-0.2, 0) is 0 Å². The summed E-state index contributed by atoms with van der Waals surface area (Å²) in [5.74, 6) is 0. The van der Waals surface area contributed by atoms with Gasteiger partial charge in [0, 0.05) is 25.2 Å². The van der Waals surface area contributed by atoms with Gasteiger partial charge in [0.15, 0.2) is 0 Å². The Balaban J connectivity index is 1.94. The predicted molar refractivity (Wildman–Crippen MR) is 51.3 cm³/mol. The largest absolute Gasteiger partial charge is 0.311 e. The molecule has 1 heterocycles. The van der Waals surface area contributed by atoms with E-state index in [-0.39, 0.29) is 0 Å². The Bertz CT molecular complexity index is 145. The van der Waals surface area contributed by atoms with Gasteiger partial charge in [-0.25, -0.2) is 0 Å². The molecule has 0 aromatic carbocycles. The van der Waals surface area contributed by atoms with Crippen molar-refractivity contribution in [2.45, 2.75) is 44.7 Å². The van der Waals surface area contributed by atoms with Crippen LogP contribution in [0.3, 0.4) is 0 Å². The lowest BCUT2D eigenvalue weighted by molar-refractivity contribution is 0.137. The van der Waals surface area contributed by atoms with E-state index >= 15 is 0 Å². The first kappa shape index (κ1) is 8.52. The van der Waals surface area contributed by atoms with Gasteiger partial charge >= 0.3 is 0 Å². The zero-order valence-electron chi connectivity index (χ0n) is 8.05. The van der Waals surface area contributed by atoms with Crippen LogP contribution in [0, 0.1) is 0 Å². The zero-order valence-corrected chi connectivity index (χ0v) is 8.05. The summed E-state index contributed by atoms with van der Waals surface area (Å²) in [6.45, 7) is 6.07. The Morgan fingerprint density at radius 1 is 1.42 bits per heavy atom. The van der Waals surface area contributed by atoms with Gasteiger partial charge in [-0.15, -0.1) is 0 Å². The van der Waals surface area contributed by atoms with Crippen LogP contribution in [0.2, 0.25) is 0 Å². The van der Waals surface area contributed by atoms with Gasteiger partial charge in [0.05, 0.1) is 0 Å². The Morgan fingerprint density at radius 2 is 2.33 bits per heavy atom. The summed E-state index contributed by atoms with van der Waals surface area (Å²) < 4.78 is 0. The van der Waals surface area contributed by atoms with E-state index in [0.717, 1.165) is 12.1 Å². The van der Waals surface area contributed by atoms with Gasteiger partial charge in [0.25, 0.3) is 0 Å². The maximum Gasteiger partial charge on any atom is 0.0249 e. The van der Waals surface area contributed by atoms with E-state index in [1.807, 2.05) is 0 Å². The lowest BCUT2D eigenvalue weighted by Crippen LogP contribution is -2.55. The first-order valence-corrected chi connectivity index (χ1v) is 5.39. The van der Waals surface area contributed by atoms with Gasteiger partial charge in [-0.3, -0.25) is 4.90 Å². The van der Waals surface area contributed by atoms with Gasteiger partial charge in [0.1, 0.15) is 0 Å². The molecule has 2 nitrogen and oxygen atoms in total. The summed E-state index contributed by atoms with van der Waals surface area (Å²) in [6, 6.07) is 1.70. The molecule has 0 spiro atoms. The highest BCUT2D eigenvalue weighted by Gasteiger charge is 2.33. The number of hydrogen-bond donors (Lipinski definition) is 1. The van der Waals surface area contributed by atoms with Crippen molar-refractivity contribution in [1.29, 1.82) is 0 Å². The van der Waals surface area contributed by atoms with Crippen molar-refractivity contribution < 1.29 is 0 Å². The SMILES string of the molecule is CCCN1CCN[C@H]2CCC[C@H]21. The van der Waals surface area contributed by atoms with Crippen molar-refractivity contribution in [3.8, 4) is 0 Å². The third-order valence-corrected chi connectivity index (χ3v) is 3.26. The highest BCUT2D eigenvalue weighted by molar-refractivity contribution is 4.93. The molecule has 1 aliphatic carbocycles. The van der Waals surface area contributed by atoms with E-state index in [1.54, 1.807) is 0 Å². The minimum Gasteiger partial charge on any atom is -0.311 e. The molecular weight excluding hydrogens is 148 g/mol. The average Bonchev–Trinajstić information content (AvgIpc) is 2.53. The summed E-state index contributed by atoms with van der Waals surface area (Å²) in [5.41, 5.74) is 0. The standard InChI is InChI=1S/C10H20N2/c1-2-7-12-8-6-11-9-4-3-5-10(9)12/h9-11H,2-8H2,1H3/t9-,10+/m0/s1. The van der Waals surface area contributed by atoms with E-state index in [9.17, 15) is 0 Å².